The number of hydrogen-bond donors (Lipinski definition) is 2. The van der Waals surface area contributed by atoms with E-state index in [9.17, 15) is 4.79 Å². The molecule has 4 aromatic rings. The summed E-state index contributed by atoms with van der Waals surface area (Å²) in [6, 6.07) is 17.7. The van der Waals surface area contributed by atoms with Gasteiger partial charge in [-0.1, -0.05) is 24.3 Å². The van der Waals surface area contributed by atoms with Crippen molar-refractivity contribution in [1.82, 2.24) is 19.9 Å². The summed E-state index contributed by atoms with van der Waals surface area (Å²) < 4.78 is 5.59. The number of rotatable bonds is 8. The molecule has 1 saturated heterocycles. The molecule has 2 N–H and O–H groups in total. The van der Waals surface area contributed by atoms with Crippen LogP contribution >= 0.6 is 0 Å². The van der Waals surface area contributed by atoms with Gasteiger partial charge in [-0.05, 0) is 49.1 Å². The van der Waals surface area contributed by atoms with E-state index >= 15 is 0 Å². The Morgan fingerprint density at radius 3 is 2.71 bits per heavy atom. The van der Waals surface area contributed by atoms with Crippen molar-refractivity contribution in [3.8, 4) is 5.75 Å². The number of amides is 1. The zero-order chi connectivity index (χ0) is 24.0. The van der Waals surface area contributed by atoms with Crippen LogP contribution in [0.5, 0.6) is 5.75 Å². The molecular formula is C27H28N6O2. The van der Waals surface area contributed by atoms with Crippen molar-refractivity contribution in [2.24, 2.45) is 0 Å². The van der Waals surface area contributed by atoms with Crippen molar-refractivity contribution in [2.45, 2.75) is 25.7 Å². The second-order valence-electron chi connectivity index (χ2n) is 8.55. The molecule has 178 valence electrons. The fourth-order valence-corrected chi connectivity index (χ4v) is 4.30. The van der Waals surface area contributed by atoms with Gasteiger partial charge in [-0.3, -0.25) is 9.78 Å². The number of nitrogens with one attached hydrogen (secondary N) is 2. The van der Waals surface area contributed by atoms with Crippen molar-refractivity contribution in [1.29, 1.82) is 0 Å². The Morgan fingerprint density at radius 2 is 1.86 bits per heavy atom. The number of aryl methyl sites for hydroxylation is 1. The Labute approximate surface area is 204 Å². The quantitative estimate of drug-likeness (QED) is 0.373. The highest BCUT2D eigenvalue weighted by Crippen LogP contribution is 2.27. The lowest BCUT2D eigenvalue weighted by molar-refractivity contribution is -0.130. The molecule has 0 bridgehead atoms. The van der Waals surface area contributed by atoms with E-state index in [0.717, 1.165) is 59.5 Å². The summed E-state index contributed by atoms with van der Waals surface area (Å²) in [6.07, 6.45) is 6.83. The van der Waals surface area contributed by atoms with Crippen molar-refractivity contribution in [2.75, 3.05) is 30.8 Å². The van der Waals surface area contributed by atoms with Gasteiger partial charge in [0.25, 0.3) is 0 Å². The number of anilines is 4. The molecule has 0 spiro atoms. The summed E-state index contributed by atoms with van der Waals surface area (Å²) in [6.45, 7) is 1.76. The molecule has 35 heavy (non-hydrogen) atoms. The molecule has 1 amide bonds. The molecule has 1 aliphatic heterocycles. The van der Waals surface area contributed by atoms with E-state index < -0.39 is 0 Å². The van der Waals surface area contributed by atoms with Crippen LogP contribution in [-0.2, 0) is 11.2 Å². The van der Waals surface area contributed by atoms with E-state index in [2.05, 4.69) is 25.6 Å². The number of pyridine rings is 1. The van der Waals surface area contributed by atoms with Crippen LogP contribution in [0.3, 0.4) is 0 Å². The minimum atomic E-state index is 0.214. The van der Waals surface area contributed by atoms with Crippen molar-refractivity contribution < 1.29 is 9.53 Å². The molecule has 2 aromatic carbocycles. The molecule has 8 heteroatoms. The normalized spacial score (nSPS) is 13.1. The minimum absolute atomic E-state index is 0.214. The number of benzene rings is 2. The van der Waals surface area contributed by atoms with Crippen molar-refractivity contribution in [3.63, 3.8) is 0 Å². The van der Waals surface area contributed by atoms with Crippen LogP contribution in [0, 0.1) is 0 Å². The highest BCUT2D eigenvalue weighted by molar-refractivity contribution is 5.82. The first-order valence-electron chi connectivity index (χ1n) is 11.8. The van der Waals surface area contributed by atoms with Crippen LogP contribution in [0.4, 0.5) is 23.1 Å². The topological polar surface area (TPSA) is 92.3 Å². The van der Waals surface area contributed by atoms with Gasteiger partial charge < -0.3 is 20.3 Å². The first-order valence-corrected chi connectivity index (χ1v) is 11.8. The fourth-order valence-electron chi connectivity index (χ4n) is 4.30. The lowest BCUT2D eigenvalue weighted by Crippen LogP contribution is -2.27. The second kappa shape index (κ2) is 10.4. The average Bonchev–Trinajstić information content (AvgIpc) is 3.43. The van der Waals surface area contributed by atoms with Gasteiger partial charge >= 0.3 is 0 Å². The van der Waals surface area contributed by atoms with Crippen LogP contribution < -0.4 is 15.4 Å². The summed E-state index contributed by atoms with van der Waals surface area (Å²) in [7, 11) is 1.64. The van der Waals surface area contributed by atoms with E-state index in [-0.39, 0.29) is 5.91 Å². The Balaban J connectivity index is 1.25. The van der Waals surface area contributed by atoms with Gasteiger partial charge in [0.1, 0.15) is 11.6 Å². The number of hydrogen-bond acceptors (Lipinski definition) is 7. The number of methoxy groups -OCH3 is 1. The molecule has 1 fully saturated rings. The highest BCUT2D eigenvalue weighted by Gasteiger charge is 2.18. The highest BCUT2D eigenvalue weighted by atomic mass is 16.5. The molecule has 0 unspecified atom stereocenters. The third-order valence-electron chi connectivity index (χ3n) is 6.13. The van der Waals surface area contributed by atoms with Crippen molar-refractivity contribution in [3.05, 3.63) is 72.6 Å². The van der Waals surface area contributed by atoms with Crippen LogP contribution in [0.1, 0.15) is 24.8 Å². The summed E-state index contributed by atoms with van der Waals surface area (Å²) in [5, 5.41) is 7.58. The van der Waals surface area contributed by atoms with Gasteiger partial charge in [0.05, 0.1) is 24.5 Å². The third kappa shape index (κ3) is 5.48. The number of likely N-dealkylation sites (tertiary alicyclic amines) is 1. The summed E-state index contributed by atoms with van der Waals surface area (Å²) in [5.41, 5.74) is 3.61. The zero-order valence-corrected chi connectivity index (χ0v) is 19.7. The third-order valence-corrected chi connectivity index (χ3v) is 6.13. The molecule has 0 aliphatic carbocycles. The smallest absolute Gasteiger partial charge is 0.229 e. The van der Waals surface area contributed by atoms with Gasteiger partial charge in [0.15, 0.2) is 0 Å². The van der Waals surface area contributed by atoms with E-state index in [4.69, 9.17) is 4.74 Å². The van der Waals surface area contributed by atoms with E-state index in [1.54, 1.807) is 25.6 Å². The van der Waals surface area contributed by atoms with Crippen LogP contribution in [-0.4, -0.2) is 46.0 Å². The van der Waals surface area contributed by atoms with Gasteiger partial charge in [-0.2, -0.15) is 4.98 Å². The van der Waals surface area contributed by atoms with E-state index in [1.807, 2.05) is 53.4 Å². The van der Waals surface area contributed by atoms with Gasteiger partial charge in [-0.25, -0.2) is 4.98 Å². The maximum atomic E-state index is 12.4. The van der Waals surface area contributed by atoms with Crippen molar-refractivity contribution >= 4 is 40.0 Å². The number of carbonyl (C=O) groups is 1. The fraction of sp³-hybridized carbons (Fsp3) is 0.259. The molecule has 0 atom stereocenters. The van der Waals surface area contributed by atoms with Gasteiger partial charge in [-0.15, -0.1) is 0 Å². The number of fused-ring (bicyclic) bond motifs is 1. The predicted octanol–water partition coefficient (Wildman–Crippen LogP) is 5.08. The Morgan fingerprint density at radius 1 is 1.00 bits per heavy atom. The Bertz CT molecular complexity index is 1340. The monoisotopic (exact) mass is 468 g/mol. The maximum absolute atomic E-state index is 12.4. The lowest BCUT2D eigenvalue weighted by atomic mass is 10.1. The number of nitrogens with zero attached hydrogens (tertiary/aromatic N) is 4. The summed E-state index contributed by atoms with van der Waals surface area (Å²) in [5.74, 6) is 2.07. The summed E-state index contributed by atoms with van der Waals surface area (Å²) >= 11 is 0. The molecular weight excluding hydrogens is 440 g/mol. The molecule has 3 heterocycles. The standard InChI is InChI=1S/C27H28N6O2/c1-35-24-17-21(10-8-19(24)9-11-26(34)33-14-4-5-15-33)31-27-28-13-12-25(32-27)30-22-16-20-6-2-3-7-23(20)29-18-22/h2-3,6-8,10,12-13,16-18H,4-5,9,11,14-15H2,1H3,(H2,28,30,31,32). The Hall–Kier alpha value is -4.20. The minimum Gasteiger partial charge on any atom is -0.496 e. The molecule has 2 aromatic heterocycles. The maximum Gasteiger partial charge on any atom is 0.229 e. The molecule has 8 nitrogen and oxygen atoms in total. The van der Waals surface area contributed by atoms with E-state index in [0.29, 0.717) is 24.6 Å². The molecule has 5 rings (SSSR count). The molecule has 0 saturated carbocycles. The van der Waals surface area contributed by atoms with Gasteiger partial charge in [0.2, 0.25) is 11.9 Å². The van der Waals surface area contributed by atoms with Crippen LogP contribution in [0.2, 0.25) is 0 Å². The van der Waals surface area contributed by atoms with Crippen LogP contribution in [0.15, 0.2) is 67.0 Å². The zero-order valence-electron chi connectivity index (χ0n) is 19.7. The average molecular weight is 469 g/mol. The Kier molecular flexibility index (Phi) is 6.70. The summed E-state index contributed by atoms with van der Waals surface area (Å²) in [4.78, 5) is 27.7. The lowest BCUT2D eigenvalue weighted by Gasteiger charge is -2.16. The first-order chi connectivity index (χ1) is 17.2. The predicted molar refractivity (Wildman–Crippen MR) is 137 cm³/mol. The number of para-hydroxylation sites is 1. The largest absolute Gasteiger partial charge is 0.496 e. The number of ether oxygens (including phenoxy) is 1. The number of carbonyl (C=O) groups excluding carboxylic acids is 1. The number of aromatic nitrogens is 3. The van der Waals surface area contributed by atoms with Gasteiger partial charge in [0, 0.05) is 42.8 Å². The second-order valence-corrected chi connectivity index (χ2v) is 8.55. The first kappa shape index (κ1) is 22.6. The molecule has 1 aliphatic rings. The molecule has 0 radical (unpaired) electrons. The SMILES string of the molecule is COc1cc(Nc2nccc(Nc3cnc4ccccc4c3)n2)ccc1CCC(=O)N1CCCC1. The van der Waals surface area contributed by atoms with E-state index in [1.165, 1.54) is 0 Å². The van der Waals surface area contributed by atoms with Crippen LogP contribution in [0.25, 0.3) is 10.9 Å².